The number of ether oxygens (including phenoxy) is 1. The molecule has 0 bridgehead atoms. The van der Waals surface area contributed by atoms with Gasteiger partial charge in [-0.1, -0.05) is 50.2 Å². The van der Waals surface area contributed by atoms with Crippen LogP contribution in [0.1, 0.15) is 56.6 Å². The van der Waals surface area contributed by atoms with Crippen molar-refractivity contribution in [3.8, 4) is 5.75 Å². The lowest BCUT2D eigenvalue weighted by molar-refractivity contribution is -0.133. The third-order valence-corrected chi connectivity index (χ3v) is 8.31. The van der Waals surface area contributed by atoms with E-state index in [0.29, 0.717) is 43.8 Å². The molecular weight excluding hydrogens is 488 g/mol. The van der Waals surface area contributed by atoms with E-state index in [2.05, 4.69) is 24.1 Å². The van der Waals surface area contributed by atoms with E-state index in [0.717, 1.165) is 48.3 Å². The topological polar surface area (TPSA) is 66.8 Å². The van der Waals surface area contributed by atoms with Crippen molar-refractivity contribution in [2.24, 2.45) is 11.8 Å². The predicted molar refractivity (Wildman–Crippen MR) is 155 cm³/mol. The van der Waals surface area contributed by atoms with Crippen LogP contribution in [0.4, 0.5) is 0 Å². The second-order valence-corrected chi connectivity index (χ2v) is 11.7. The summed E-state index contributed by atoms with van der Waals surface area (Å²) in [6.45, 7) is 13.5. The van der Waals surface area contributed by atoms with E-state index in [-0.39, 0.29) is 11.8 Å². The lowest BCUT2D eigenvalue weighted by Gasteiger charge is -2.44. The highest BCUT2D eigenvalue weighted by Gasteiger charge is 2.47. The summed E-state index contributed by atoms with van der Waals surface area (Å²) in [6.07, 6.45) is 2.18. The zero-order valence-electron chi connectivity index (χ0n) is 23.8. The number of aromatic nitrogens is 1. The molecule has 208 valence electrons. The number of carbonyl (C=O) groups is 2. The minimum atomic E-state index is -1.06. The number of piperidine rings is 1. The molecule has 1 fully saturated rings. The molecule has 0 aliphatic carbocycles. The van der Waals surface area contributed by atoms with Crippen LogP contribution in [0.25, 0.3) is 10.9 Å². The maximum atomic E-state index is 14.1. The number of rotatable bonds is 9. The van der Waals surface area contributed by atoms with Gasteiger partial charge in [0.1, 0.15) is 17.0 Å². The highest BCUT2D eigenvalue weighted by molar-refractivity contribution is 6.03. The number of carbonyl (C=O) groups excluding carboxylic acids is 2. The van der Waals surface area contributed by atoms with E-state index < -0.39 is 5.54 Å². The van der Waals surface area contributed by atoms with Crippen molar-refractivity contribution < 1.29 is 14.3 Å². The Kier molecular flexibility index (Phi) is 7.98. The van der Waals surface area contributed by atoms with E-state index in [1.807, 2.05) is 73.0 Å². The summed E-state index contributed by atoms with van der Waals surface area (Å²) in [5.74, 6) is 1.92. The van der Waals surface area contributed by atoms with Gasteiger partial charge in [-0.2, -0.15) is 0 Å². The number of fused-ring (bicyclic) bond motifs is 3. The minimum absolute atomic E-state index is 0.117. The van der Waals surface area contributed by atoms with Gasteiger partial charge in [0.2, 0.25) is 5.91 Å². The molecule has 1 saturated heterocycles. The quantitative estimate of drug-likeness (QED) is 0.398. The lowest BCUT2D eigenvalue weighted by Crippen LogP contribution is -2.63. The van der Waals surface area contributed by atoms with Gasteiger partial charge in [-0.05, 0) is 63.3 Å². The monoisotopic (exact) mass is 530 g/mol. The zero-order chi connectivity index (χ0) is 27.6. The van der Waals surface area contributed by atoms with Crippen LogP contribution < -0.4 is 10.1 Å². The summed E-state index contributed by atoms with van der Waals surface area (Å²) in [7, 11) is 0. The molecule has 0 unspecified atom stereocenters. The molecule has 1 aromatic heterocycles. The molecule has 3 atom stereocenters. The van der Waals surface area contributed by atoms with Gasteiger partial charge in [0.05, 0.1) is 19.7 Å². The summed E-state index contributed by atoms with van der Waals surface area (Å²) in [5.41, 5.74) is 1.43. The van der Waals surface area contributed by atoms with Gasteiger partial charge in [-0.3, -0.25) is 9.59 Å². The van der Waals surface area contributed by atoms with Gasteiger partial charge in [0.15, 0.2) is 0 Å². The van der Waals surface area contributed by atoms with Crippen LogP contribution in [0.2, 0.25) is 0 Å². The lowest BCUT2D eigenvalue weighted by atomic mass is 9.92. The molecule has 3 heterocycles. The highest BCUT2D eigenvalue weighted by Crippen LogP contribution is 2.34. The van der Waals surface area contributed by atoms with Crippen LogP contribution in [-0.4, -0.2) is 64.5 Å². The molecule has 5 rings (SSSR count). The molecule has 7 nitrogen and oxygen atoms in total. The molecule has 0 spiro atoms. The number of nitrogens with zero attached hydrogens (tertiary/aromatic N) is 3. The number of hydrogen-bond donors (Lipinski definition) is 1. The van der Waals surface area contributed by atoms with Crippen molar-refractivity contribution in [3.05, 3.63) is 65.9 Å². The molecule has 2 amide bonds. The Morgan fingerprint density at radius 2 is 1.79 bits per heavy atom. The summed E-state index contributed by atoms with van der Waals surface area (Å²) >= 11 is 0. The maximum Gasteiger partial charge on any atom is 0.271 e. The molecule has 0 radical (unpaired) electrons. The second-order valence-electron chi connectivity index (χ2n) is 11.7. The first-order chi connectivity index (χ1) is 18.8. The van der Waals surface area contributed by atoms with Crippen molar-refractivity contribution in [2.75, 3.05) is 32.8 Å². The van der Waals surface area contributed by atoms with Crippen LogP contribution >= 0.6 is 0 Å². The number of para-hydroxylation sites is 2. The summed E-state index contributed by atoms with van der Waals surface area (Å²) in [4.78, 5) is 32.3. The first-order valence-corrected chi connectivity index (χ1v) is 14.4. The van der Waals surface area contributed by atoms with Gasteiger partial charge in [0.25, 0.3) is 5.91 Å². The number of hydrogen-bond acceptors (Lipinski definition) is 4. The highest BCUT2D eigenvalue weighted by atomic mass is 16.5. The molecule has 7 heteroatoms. The third kappa shape index (κ3) is 5.55. The molecule has 2 aliphatic rings. The molecule has 39 heavy (non-hydrogen) atoms. The normalized spacial score (nSPS) is 23.6. The molecule has 0 saturated carbocycles. The Balaban J connectivity index is 1.38. The van der Waals surface area contributed by atoms with Gasteiger partial charge < -0.3 is 24.4 Å². The maximum absolute atomic E-state index is 14.1. The Labute approximate surface area is 232 Å². The SMILES string of the molecule is CCOc1ccccc1CN1C(=O)c2cc3ccccc3n2C[C@]1(C)C(=O)NCCCN1C[C@H](C)C[C@@H](C)C1. The second kappa shape index (κ2) is 11.4. The first-order valence-electron chi connectivity index (χ1n) is 14.4. The summed E-state index contributed by atoms with van der Waals surface area (Å²) in [6, 6.07) is 17.7. The Hall–Kier alpha value is -3.32. The minimum Gasteiger partial charge on any atom is -0.494 e. The smallest absolute Gasteiger partial charge is 0.271 e. The molecule has 1 N–H and O–H groups in total. The zero-order valence-corrected chi connectivity index (χ0v) is 23.8. The number of nitrogens with one attached hydrogen (secondary N) is 1. The van der Waals surface area contributed by atoms with Crippen molar-refractivity contribution in [1.82, 2.24) is 19.7 Å². The average Bonchev–Trinajstić information content (AvgIpc) is 3.28. The average molecular weight is 531 g/mol. The van der Waals surface area contributed by atoms with E-state index >= 15 is 0 Å². The molecule has 2 aromatic carbocycles. The van der Waals surface area contributed by atoms with E-state index in [9.17, 15) is 9.59 Å². The van der Waals surface area contributed by atoms with Gasteiger partial charge in [0, 0.05) is 36.1 Å². The fourth-order valence-corrected chi connectivity index (χ4v) is 6.52. The van der Waals surface area contributed by atoms with Gasteiger partial charge >= 0.3 is 0 Å². The standard InChI is InChI=1S/C32H42N4O3/c1-5-39-29-14-9-7-12-26(29)21-36-30(37)28-18-25-11-6-8-13-27(25)35(28)22-32(36,4)31(38)33-15-10-16-34-19-23(2)17-24(3)20-34/h6-9,11-14,18,23-24H,5,10,15-17,19-22H2,1-4H3,(H,33,38)/t23-,24-,32-/m1/s1. The van der Waals surface area contributed by atoms with E-state index in [1.54, 1.807) is 4.90 Å². The number of likely N-dealkylation sites (tertiary alicyclic amines) is 1. The summed E-state index contributed by atoms with van der Waals surface area (Å²) < 4.78 is 7.88. The fourth-order valence-electron chi connectivity index (χ4n) is 6.52. The van der Waals surface area contributed by atoms with Crippen molar-refractivity contribution in [3.63, 3.8) is 0 Å². The summed E-state index contributed by atoms with van der Waals surface area (Å²) in [5, 5.41) is 4.20. The Bertz CT molecular complexity index is 1320. The van der Waals surface area contributed by atoms with Crippen LogP contribution in [0.3, 0.4) is 0 Å². The number of benzene rings is 2. The van der Waals surface area contributed by atoms with Crippen LogP contribution in [0.5, 0.6) is 5.75 Å². The van der Waals surface area contributed by atoms with Gasteiger partial charge in [-0.15, -0.1) is 0 Å². The Morgan fingerprint density at radius 3 is 2.56 bits per heavy atom. The van der Waals surface area contributed by atoms with Gasteiger partial charge in [-0.25, -0.2) is 0 Å². The number of amides is 2. The predicted octanol–water partition coefficient (Wildman–Crippen LogP) is 4.94. The molecular formula is C32H42N4O3. The Morgan fingerprint density at radius 1 is 1.08 bits per heavy atom. The van der Waals surface area contributed by atoms with Crippen LogP contribution in [-0.2, 0) is 17.9 Å². The third-order valence-electron chi connectivity index (χ3n) is 8.31. The largest absolute Gasteiger partial charge is 0.494 e. The molecule has 3 aromatic rings. The van der Waals surface area contributed by atoms with Crippen LogP contribution in [0, 0.1) is 11.8 Å². The van der Waals surface area contributed by atoms with Crippen molar-refractivity contribution in [2.45, 2.75) is 59.2 Å². The van der Waals surface area contributed by atoms with Crippen molar-refractivity contribution in [1.29, 1.82) is 0 Å². The van der Waals surface area contributed by atoms with Crippen LogP contribution in [0.15, 0.2) is 54.6 Å². The van der Waals surface area contributed by atoms with E-state index in [4.69, 9.17) is 4.74 Å². The van der Waals surface area contributed by atoms with Crippen molar-refractivity contribution >= 4 is 22.7 Å². The van der Waals surface area contributed by atoms with E-state index in [1.165, 1.54) is 6.42 Å². The first kappa shape index (κ1) is 27.3. The molecule has 2 aliphatic heterocycles. The fraction of sp³-hybridized carbons (Fsp3) is 0.500.